The standard InChI is InChI=1S/C26H24O3/c27-24-18-16-20(17-19-24)25(28)29-26(21-10-4-1-5-11-21,22-12-6-2-7-13-22)23-14-8-3-9-15-23/h1-15,20H,16-19H2. The predicted octanol–water partition coefficient (Wildman–Crippen LogP) is 5.28. The van der Waals surface area contributed by atoms with Crippen LogP contribution in [0.5, 0.6) is 0 Å². The van der Waals surface area contributed by atoms with Crippen LogP contribution in [0, 0.1) is 5.92 Å². The summed E-state index contributed by atoms with van der Waals surface area (Å²) in [5.41, 5.74) is 1.66. The van der Waals surface area contributed by atoms with Crippen molar-refractivity contribution in [2.45, 2.75) is 31.3 Å². The van der Waals surface area contributed by atoms with E-state index in [2.05, 4.69) is 0 Å². The summed E-state index contributed by atoms with van der Waals surface area (Å²) in [6.45, 7) is 0. The summed E-state index contributed by atoms with van der Waals surface area (Å²) < 4.78 is 6.42. The first-order chi connectivity index (χ1) is 14.2. The summed E-state index contributed by atoms with van der Waals surface area (Å²) in [7, 11) is 0. The van der Waals surface area contributed by atoms with Gasteiger partial charge in [0.15, 0.2) is 5.60 Å². The molecular weight excluding hydrogens is 360 g/mol. The molecule has 1 saturated carbocycles. The number of Topliss-reactive ketones (excluding diaryl/α,β-unsaturated/α-hetero) is 1. The van der Waals surface area contributed by atoms with E-state index in [1.165, 1.54) is 0 Å². The molecule has 0 radical (unpaired) electrons. The maximum Gasteiger partial charge on any atom is 0.310 e. The third-order valence-electron chi connectivity index (χ3n) is 5.67. The van der Waals surface area contributed by atoms with Crippen LogP contribution in [0.15, 0.2) is 91.0 Å². The van der Waals surface area contributed by atoms with Gasteiger partial charge in [0.1, 0.15) is 5.78 Å². The lowest BCUT2D eigenvalue weighted by Crippen LogP contribution is -2.38. The number of hydrogen-bond acceptors (Lipinski definition) is 3. The Hall–Kier alpha value is -3.20. The van der Waals surface area contributed by atoms with Crippen molar-refractivity contribution in [3.05, 3.63) is 108 Å². The van der Waals surface area contributed by atoms with E-state index < -0.39 is 5.60 Å². The van der Waals surface area contributed by atoms with Crippen molar-refractivity contribution in [3.63, 3.8) is 0 Å². The van der Waals surface area contributed by atoms with Crippen molar-refractivity contribution in [1.82, 2.24) is 0 Å². The number of carbonyl (C=O) groups excluding carboxylic acids is 2. The molecule has 0 aromatic heterocycles. The van der Waals surface area contributed by atoms with Crippen LogP contribution in [0.4, 0.5) is 0 Å². The number of ketones is 1. The molecule has 0 amide bonds. The van der Waals surface area contributed by atoms with Crippen LogP contribution in [0.1, 0.15) is 42.4 Å². The third-order valence-corrected chi connectivity index (χ3v) is 5.67. The molecule has 0 spiro atoms. The van der Waals surface area contributed by atoms with Gasteiger partial charge in [-0.3, -0.25) is 9.59 Å². The second-order valence-corrected chi connectivity index (χ2v) is 7.51. The van der Waals surface area contributed by atoms with Gasteiger partial charge >= 0.3 is 5.97 Å². The number of benzene rings is 3. The Kier molecular flexibility index (Phi) is 5.57. The molecule has 1 aliphatic carbocycles. The van der Waals surface area contributed by atoms with Crippen LogP contribution in [0.25, 0.3) is 0 Å². The Balaban J connectivity index is 1.84. The molecule has 4 rings (SSSR count). The van der Waals surface area contributed by atoms with Crippen LogP contribution in [0.3, 0.4) is 0 Å². The van der Waals surface area contributed by atoms with Gasteiger partial charge in [0.2, 0.25) is 0 Å². The highest BCUT2D eigenvalue weighted by atomic mass is 16.6. The molecule has 1 aliphatic rings. The lowest BCUT2D eigenvalue weighted by Gasteiger charge is -2.36. The molecule has 3 nitrogen and oxygen atoms in total. The van der Waals surface area contributed by atoms with E-state index in [0.717, 1.165) is 16.7 Å². The first-order valence-electron chi connectivity index (χ1n) is 10.1. The van der Waals surface area contributed by atoms with Crippen LogP contribution in [-0.2, 0) is 19.9 Å². The molecule has 146 valence electrons. The Bertz CT molecular complexity index is 858. The molecule has 0 atom stereocenters. The van der Waals surface area contributed by atoms with Crippen LogP contribution >= 0.6 is 0 Å². The summed E-state index contributed by atoms with van der Waals surface area (Å²) in [5.74, 6) is -0.258. The van der Waals surface area contributed by atoms with Gasteiger partial charge in [0, 0.05) is 29.5 Å². The average molecular weight is 384 g/mol. The zero-order chi connectivity index (χ0) is 20.1. The summed E-state index contributed by atoms with van der Waals surface area (Å²) >= 11 is 0. The summed E-state index contributed by atoms with van der Waals surface area (Å²) in [4.78, 5) is 24.9. The number of ether oxygens (including phenoxy) is 1. The number of rotatable bonds is 5. The minimum absolute atomic E-state index is 0.231. The highest BCUT2D eigenvalue weighted by molar-refractivity contribution is 5.83. The van der Waals surface area contributed by atoms with Gasteiger partial charge < -0.3 is 4.74 Å². The van der Waals surface area contributed by atoms with Crippen molar-refractivity contribution in [3.8, 4) is 0 Å². The van der Waals surface area contributed by atoms with Crippen molar-refractivity contribution < 1.29 is 14.3 Å². The van der Waals surface area contributed by atoms with Crippen LogP contribution in [-0.4, -0.2) is 11.8 Å². The number of carbonyl (C=O) groups is 2. The highest BCUT2D eigenvalue weighted by Crippen LogP contribution is 2.41. The molecular formula is C26H24O3. The second-order valence-electron chi connectivity index (χ2n) is 7.51. The Labute approximate surface area is 171 Å². The van der Waals surface area contributed by atoms with E-state index in [1.807, 2.05) is 91.0 Å². The van der Waals surface area contributed by atoms with Crippen molar-refractivity contribution in [2.75, 3.05) is 0 Å². The lowest BCUT2D eigenvalue weighted by molar-refractivity contribution is -0.160. The van der Waals surface area contributed by atoms with Gasteiger partial charge in [0.05, 0.1) is 5.92 Å². The summed E-state index contributed by atoms with van der Waals surface area (Å²) in [6.07, 6.45) is 2.03. The van der Waals surface area contributed by atoms with Crippen molar-refractivity contribution in [1.29, 1.82) is 0 Å². The molecule has 0 N–H and O–H groups in total. The van der Waals surface area contributed by atoms with Gasteiger partial charge in [-0.15, -0.1) is 0 Å². The lowest BCUT2D eigenvalue weighted by atomic mass is 9.79. The first-order valence-corrected chi connectivity index (χ1v) is 10.1. The predicted molar refractivity (Wildman–Crippen MR) is 112 cm³/mol. The van der Waals surface area contributed by atoms with Crippen LogP contribution in [0.2, 0.25) is 0 Å². The van der Waals surface area contributed by atoms with Crippen LogP contribution < -0.4 is 0 Å². The monoisotopic (exact) mass is 384 g/mol. The maximum atomic E-state index is 13.3. The molecule has 3 heteroatoms. The minimum atomic E-state index is -1.04. The molecule has 0 heterocycles. The first kappa shape index (κ1) is 19.1. The van der Waals surface area contributed by atoms with Crippen molar-refractivity contribution >= 4 is 11.8 Å². The Morgan fingerprint density at radius 2 is 1.07 bits per heavy atom. The summed E-state index contributed by atoms with van der Waals surface area (Å²) in [5, 5.41) is 0. The normalized spacial score (nSPS) is 15.1. The van der Waals surface area contributed by atoms with E-state index in [1.54, 1.807) is 0 Å². The van der Waals surface area contributed by atoms with Gasteiger partial charge in [0.25, 0.3) is 0 Å². The van der Waals surface area contributed by atoms with Gasteiger partial charge in [-0.25, -0.2) is 0 Å². The Morgan fingerprint density at radius 3 is 1.45 bits per heavy atom. The average Bonchev–Trinajstić information content (AvgIpc) is 2.79. The molecule has 1 fully saturated rings. The molecule has 0 saturated heterocycles. The molecule has 0 unspecified atom stereocenters. The SMILES string of the molecule is O=C1CCC(C(=O)OC(c2ccccc2)(c2ccccc2)c2ccccc2)CC1. The van der Waals surface area contributed by atoms with Gasteiger partial charge in [-0.05, 0) is 12.8 Å². The molecule has 29 heavy (non-hydrogen) atoms. The molecule has 0 aliphatic heterocycles. The number of hydrogen-bond donors (Lipinski definition) is 0. The second kappa shape index (κ2) is 8.44. The zero-order valence-corrected chi connectivity index (χ0v) is 16.3. The fourth-order valence-corrected chi connectivity index (χ4v) is 4.11. The van der Waals surface area contributed by atoms with E-state index in [-0.39, 0.29) is 17.7 Å². The fraction of sp³-hybridized carbons (Fsp3) is 0.231. The smallest absolute Gasteiger partial charge is 0.310 e. The minimum Gasteiger partial charge on any atom is -0.444 e. The summed E-state index contributed by atoms with van der Waals surface area (Å²) in [6, 6.07) is 29.6. The van der Waals surface area contributed by atoms with Crippen molar-refractivity contribution in [2.24, 2.45) is 5.92 Å². The van der Waals surface area contributed by atoms with Gasteiger partial charge in [-0.1, -0.05) is 91.0 Å². The molecule has 3 aromatic rings. The highest BCUT2D eigenvalue weighted by Gasteiger charge is 2.42. The fourth-order valence-electron chi connectivity index (χ4n) is 4.11. The van der Waals surface area contributed by atoms with E-state index >= 15 is 0 Å². The van der Waals surface area contributed by atoms with E-state index in [4.69, 9.17) is 4.74 Å². The topological polar surface area (TPSA) is 43.4 Å². The quantitative estimate of drug-likeness (QED) is 0.444. The van der Waals surface area contributed by atoms with E-state index in [0.29, 0.717) is 25.7 Å². The van der Waals surface area contributed by atoms with E-state index in [9.17, 15) is 9.59 Å². The number of esters is 1. The van der Waals surface area contributed by atoms with Gasteiger partial charge in [-0.2, -0.15) is 0 Å². The largest absolute Gasteiger partial charge is 0.444 e. The molecule has 0 bridgehead atoms. The zero-order valence-electron chi connectivity index (χ0n) is 16.3. The Morgan fingerprint density at radius 1 is 0.690 bits per heavy atom. The maximum absolute atomic E-state index is 13.3. The molecule has 3 aromatic carbocycles. The third kappa shape index (κ3) is 3.86.